The van der Waals surface area contributed by atoms with Crippen LogP contribution in [0.1, 0.15) is 32.6 Å². The third-order valence-corrected chi connectivity index (χ3v) is 5.46. The number of hydrogen-bond acceptors (Lipinski definition) is 3. The second kappa shape index (κ2) is 5.07. The van der Waals surface area contributed by atoms with E-state index in [0.29, 0.717) is 5.41 Å². The molecule has 3 heteroatoms. The Morgan fingerprint density at radius 2 is 2.27 bits per heavy atom. The molecule has 88 valence electrons. The van der Waals surface area contributed by atoms with Crippen LogP contribution in [-0.4, -0.2) is 42.1 Å². The van der Waals surface area contributed by atoms with Crippen molar-refractivity contribution in [3.8, 4) is 0 Å². The first-order valence-corrected chi connectivity index (χ1v) is 7.37. The van der Waals surface area contributed by atoms with Crippen molar-refractivity contribution in [2.45, 2.75) is 37.9 Å². The van der Waals surface area contributed by atoms with Gasteiger partial charge in [-0.2, -0.15) is 11.8 Å². The standard InChI is InChI=1S/C12H24N2S/c1-2-11-8-14(6-7-15-11)10-12(9-13)4-3-5-12/h11H,2-10,13H2,1H3. The van der Waals surface area contributed by atoms with Gasteiger partial charge in [0.2, 0.25) is 0 Å². The van der Waals surface area contributed by atoms with E-state index in [9.17, 15) is 0 Å². The molecular formula is C12H24N2S. The highest BCUT2D eigenvalue weighted by molar-refractivity contribution is 8.00. The molecule has 2 N–H and O–H groups in total. The number of rotatable bonds is 4. The third kappa shape index (κ3) is 2.69. The van der Waals surface area contributed by atoms with E-state index in [0.717, 1.165) is 11.8 Å². The Morgan fingerprint density at radius 3 is 2.80 bits per heavy atom. The zero-order valence-corrected chi connectivity index (χ0v) is 10.7. The van der Waals surface area contributed by atoms with E-state index in [1.807, 2.05) is 0 Å². The van der Waals surface area contributed by atoms with E-state index in [-0.39, 0.29) is 0 Å². The third-order valence-electron chi connectivity index (χ3n) is 4.08. The summed E-state index contributed by atoms with van der Waals surface area (Å²) in [7, 11) is 0. The predicted octanol–water partition coefficient (Wildman–Crippen LogP) is 1.94. The van der Waals surface area contributed by atoms with Gasteiger partial charge in [0.05, 0.1) is 0 Å². The first-order chi connectivity index (χ1) is 7.28. The molecule has 1 heterocycles. The highest BCUT2D eigenvalue weighted by Crippen LogP contribution is 2.41. The molecule has 1 aliphatic carbocycles. The highest BCUT2D eigenvalue weighted by atomic mass is 32.2. The van der Waals surface area contributed by atoms with Crippen molar-refractivity contribution in [2.75, 3.05) is 31.9 Å². The molecule has 1 saturated carbocycles. The predicted molar refractivity (Wildman–Crippen MR) is 68.3 cm³/mol. The fraction of sp³-hybridized carbons (Fsp3) is 1.00. The fourth-order valence-electron chi connectivity index (χ4n) is 2.75. The SMILES string of the molecule is CCC1CN(CC2(CN)CCC2)CCS1. The van der Waals surface area contributed by atoms with Crippen molar-refractivity contribution < 1.29 is 0 Å². The van der Waals surface area contributed by atoms with Gasteiger partial charge in [0.15, 0.2) is 0 Å². The molecule has 2 rings (SSSR count). The van der Waals surface area contributed by atoms with E-state index >= 15 is 0 Å². The molecule has 2 fully saturated rings. The van der Waals surface area contributed by atoms with Crippen LogP contribution >= 0.6 is 11.8 Å². The summed E-state index contributed by atoms with van der Waals surface area (Å²) in [5.74, 6) is 1.32. The molecule has 0 aromatic rings. The Labute approximate surface area is 98.0 Å². The topological polar surface area (TPSA) is 29.3 Å². The van der Waals surface area contributed by atoms with Crippen molar-refractivity contribution >= 4 is 11.8 Å². The van der Waals surface area contributed by atoms with Gasteiger partial charge >= 0.3 is 0 Å². The average Bonchev–Trinajstić information content (AvgIpc) is 2.24. The number of thioether (sulfide) groups is 1. The number of nitrogens with zero attached hydrogens (tertiary/aromatic N) is 1. The summed E-state index contributed by atoms with van der Waals surface area (Å²) in [5, 5.41) is 0.869. The maximum absolute atomic E-state index is 5.92. The van der Waals surface area contributed by atoms with Crippen LogP contribution in [0.15, 0.2) is 0 Å². The number of hydrogen-bond donors (Lipinski definition) is 1. The minimum atomic E-state index is 0.500. The quantitative estimate of drug-likeness (QED) is 0.797. The highest BCUT2D eigenvalue weighted by Gasteiger charge is 2.37. The molecule has 1 unspecified atom stereocenters. The van der Waals surface area contributed by atoms with Crippen molar-refractivity contribution in [1.29, 1.82) is 0 Å². The van der Waals surface area contributed by atoms with E-state index in [4.69, 9.17) is 5.73 Å². The van der Waals surface area contributed by atoms with Gasteiger partial charge in [-0.1, -0.05) is 13.3 Å². The molecule has 0 radical (unpaired) electrons. The van der Waals surface area contributed by atoms with Crippen molar-refractivity contribution in [3.05, 3.63) is 0 Å². The van der Waals surface area contributed by atoms with Crippen molar-refractivity contribution in [3.63, 3.8) is 0 Å². The van der Waals surface area contributed by atoms with E-state index < -0.39 is 0 Å². The summed E-state index contributed by atoms with van der Waals surface area (Å²) in [6.07, 6.45) is 5.45. The van der Waals surface area contributed by atoms with E-state index in [1.54, 1.807) is 0 Å². The summed E-state index contributed by atoms with van der Waals surface area (Å²) >= 11 is 2.15. The summed E-state index contributed by atoms with van der Waals surface area (Å²) in [5.41, 5.74) is 6.42. The van der Waals surface area contributed by atoms with E-state index in [2.05, 4.69) is 23.6 Å². The molecule has 1 saturated heterocycles. The molecule has 15 heavy (non-hydrogen) atoms. The maximum Gasteiger partial charge on any atom is 0.0172 e. The zero-order valence-electron chi connectivity index (χ0n) is 9.87. The number of nitrogens with two attached hydrogens (primary N) is 1. The van der Waals surface area contributed by atoms with Gasteiger partial charge in [-0.15, -0.1) is 0 Å². The molecule has 0 aromatic heterocycles. The summed E-state index contributed by atoms with van der Waals surface area (Å²) in [6, 6.07) is 0. The largest absolute Gasteiger partial charge is 0.330 e. The van der Waals surface area contributed by atoms with Crippen LogP contribution in [0, 0.1) is 5.41 Å². The maximum atomic E-state index is 5.92. The lowest BCUT2D eigenvalue weighted by molar-refractivity contribution is 0.0763. The summed E-state index contributed by atoms with van der Waals surface area (Å²) in [6.45, 7) is 7.04. The molecule has 0 aromatic carbocycles. The van der Waals surface area contributed by atoms with Crippen LogP contribution in [0.2, 0.25) is 0 Å². The lowest BCUT2D eigenvalue weighted by Gasteiger charge is -2.46. The Morgan fingerprint density at radius 1 is 1.47 bits per heavy atom. The van der Waals surface area contributed by atoms with Gasteiger partial charge in [-0.25, -0.2) is 0 Å². The molecule has 0 bridgehead atoms. The van der Waals surface area contributed by atoms with Crippen LogP contribution in [0.25, 0.3) is 0 Å². The molecule has 2 nitrogen and oxygen atoms in total. The molecule has 1 aliphatic heterocycles. The van der Waals surface area contributed by atoms with Gasteiger partial charge in [0.1, 0.15) is 0 Å². The summed E-state index contributed by atoms with van der Waals surface area (Å²) < 4.78 is 0. The summed E-state index contributed by atoms with van der Waals surface area (Å²) in [4.78, 5) is 2.66. The molecule has 2 aliphatic rings. The molecule has 0 amide bonds. The van der Waals surface area contributed by atoms with Gasteiger partial charge in [-0.3, -0.25) is 0 Å². The fourth-order valence-corrected chi connectivity index (χ4v) is 4.00. The zero-order chi connectivity index (χ0) is 10.7. The van der Waals surface area contributed by atoms with Gasteiger partial charge < -0.3 is 10.6 Å². The van der Waals surface area contributed by atoms with Crippen molar-refractivity contribution in [2.24, 2.45) is 11.1 Å². The lowest BCUT2D eigenvalue weighted by atomic mass is 9.68. The normalized spacial score (nSPS) is 31.2. The Bertz CT molecular complexity index is 198. The smallest absolute Gasteiger partial charge is 0.0172 e. The second-order valence-corrected chi connectivity index (χ2v) is 6.60. The lowest BCUT2D eigenvalue weighted by Crippen LogP contribution is -2.50. The van der Waals surface area contributed by atoms with Crippen LogP contribution in [-0.2, 0) is 0 Å². The monoisotopic (exact) mass is 228 g/mol. The average molecular weight is 228 g/mol. The van der Waals surface area contributed by atoms with Gasteiger partial charge in [0, 0.05) is 30.6 Å². The van der Waals surface area contributed by atoms with Crippen LogP contribution in [0.4, 0.5) is 0 Å². The van der Waals surface area contributed by atoms with Crippen LogP contribution in [0.5, 0.6) is 0 Å². The first-order valence-electron chi connectivity index (χ1n) is 6.32. The Hall–Kier alpha value is 0.270. The molecule has 0 spiro atoms. The second-order valence-electron chi connectivity index (χ2n) is 5.19. The minimum absolute atomic E-state index is 0.500. The van der Waals surface area contributed by atoms with Gasteiger partial charge in [-0.05, 0) is 31.2 Å². The van der Waals surface area contributed by atoms with Gasteiger partial charge in [0.25, 0.3) is 0 Å². The van der Waals surface area contributed by atoms with Crippen molar-refractivity contribution in [1.82, 2.24) is 4.90 Å². The molecular weight excluding hydrogens is 204 g/mol. The Balaban J connectivity index is 1.82. The minimum Gasteiger partial charge on any atom is -0.330 e. The first kappa shape index (κ1) is 11.7. The van der Waals surface area contributed by atoms with E-state index in [1.165, 1.54) is 51.1 Å². The Kier molecular flexibility index (Phi) is 3.97. The van der Waals surface area contributed by atoms with Crippen LogP contribution in [0.3, 0.4) is 0 Å². The van der Waals surface area contributed by atoms with Crippen LogP contribution < -0.4 is 5.73 Å². The molecule has 1 atom stereocenters.